The second-order valence-electron chi connectivity index (χ2n) is 40.1. The van der Waals surface area contributed by atoms with Gasteiger partial charge in [0.05, 0.1) is 82.6 Å². The highest BCUT2D eigenvalue weighted by atomic mass is 32.1. The second-order valence-corrected chi connectivity index (χ2v) is 43.2. The molecule has 0 aliphatic rings. The van der Waals surface area contributed by atoms with E-state index < -0.39 is 0 Å². The first kappa shape index (κ1) is 88.2. The van der Waals surface area contributed by atoms with Gasteiger partial charge in [0, 0.05) is 206 Å². The molecule has 31 rings (SSSR count). The maximum atomic E-state index is 6.27. The Balaban J connectivity index is 0.0000000883. The molecule has 700 valence electrons. The molecule has 0 atom stereocenters. The number of benzene rings is 19. The lowest BCUT2D eigenvalue weighted by Gasteiger charge is -2.09. The maximum absolute atomic E-state index is 6.27. The summed E-state index contributed by atoms with van der Waals surface area (Å²) in [5.74, 6) is 0. The van der Waals surface area contributed by atoms with Crippen LogP contribution in [0.4, 0.5) is 0 Å². The van der Waals surface area contributed by atoms with Crippen molar-refractivity contribution in [3.05, 3.63) is 388 Å². The summed E-state index contributed by atoms with van der Waals surface area (Å²) in [4.78, 5) is 0. The summed E-state index contributed by atoms with van der Waals surface area (Å²) in [5, 5.41) is 31.9. The number of furan rings is 2. The fourth-order valence-corrected chi connectivity index (χ4v) is 29.3. The van der Waals surface area contributed by atoms with Gasteiger partial charge in [-0.25, -0.2) is 0 Å². The molecule has 19 aromatic carbocycles. The van der Waals surface area contributed by atoms with Crippen LogP contribution in [0, 0.1) is 83.1 Å². The summed E-state index contributed by atoms with van der Waals surface area (Å²) < 4.78 is 37.3. The molecular weight excluding hydrogens is 1810 g/mol. The van der Waals surface area contributed by atoms with Crippen LogP contribution in [0.1, 0.15) is 66.8 Å². The zero-order valence-electron chi connectivity index (χ0n) is 84.3. The highest BCUT2D eigenvalue weighted by Crippen LogP contribution is 2.51. The van der Waals surface area contributed by atoms with Crippen LogP contribution in [0.2, 0.25) is 0 Å². The summed E-state index contributed by atoms with van der Waals surface area (Å²) in [7, 11) is 13.1. The molecule has 0 amide bonds. The highest BCUT2D eigenvalue weighted by molar-refractivity contribution is 7.27. The Morgan fingerprint density at radius 2 is 0.521 bits per heavy atom. The zero-order chi connectivity index (χ0) is 98.3. The molecule has 0 saturated carbocycles. The Kier molecular flexibility index (Phi) is 20.4. The minimum Gasteiger partial charge on any atom is -0.456 e. The van der Waals surface area contributed by atoms with Crippen molar-refractivity contribution in [2.75, 3.05) is 0 Å². The number of thiophene rings is 3. The molecule has 12 aromatic heterocycles. The molecule has 31 aromatic rings. The van der Waals surface area contributed by atoms with Gasteiger partial charge in [-0.3, -0.25) is 0 Å². The van der Waals surface area contributed by atoms with Crippen molar-refractivity contribution in [3.63, 3.8) is 0 Å². The molecule has 0 N–H and O–H groups in total. The van der Waals surface area contributed by atoms with E-state index in [1.54, 1.807) is 0 Å². The average molecular weight is 1920 g/mol. The normalized spacial score (nSPS) is 12.1. The van der Waals surface area contributed by atoms with Crippen molar-refractivity contribution < 1.29 is 8.83 Å². The molecule has 144 heavy (non-hydrogen) atoms. The summed E-state index contributed by atoms with van der Waals surface area (Å²) in [6, 6.07) is 116. The largest absolute Gasteiger partial charge is 0.456 e. The summed E-state index contributed by atoms with van der Waals surface area (Å²) >= 11 is 5.74. The highest BCUT2D eigenvalue weighted by Gasteiger charge is 2.27. The third kappa shape index (κ3) is 13.0. The third-order valence-corrected chi connectivity index (χ3v) is 35.3. The number of para-hydroxylation sites is 10. The fraction of sp³-hybridized carbons (Fsp3) is 0.136. The molecule has 12 heteroatoms. The van der Waals surface area contributed by atoms with Crippen molar-refractivity contribution >= 4 is 291 Å². The SMILES string of the molecule is Cc1cccc2c3c4oc5ccccc5c4cc(C)c3n(C)c12.Cc1cccc2c3c4sc5ccccc5c4cc(C)c3n(C)c12.Cc1cccc2c3cc4c(c(C)c3n(C)c12)c1ccccc1n4-c1ccccc1.Cc1cccc2c3cc4c(oc5ccccc54)c(C)c3n(C)c12.Cc1cccc2c3cc4c(sc5ccccc54)c(C)c3n(C)c12.Cc1cccc2c3cc4sc5ccccc5c4c(C)c3n(C)c12. The molecule has 0 aliphatic carbocycles. The molecule has 0 bridgehead atoms. The van der Waals surface area contributed by atoms with Crippen molar-refractivity contribution in [1.29, 1.82) is 0 Å². The average Bonchev–Trinajstić information content (AvgIpc) is 1.56. The third-order valence-electron chi connectivity index (χ3n) is 31.6. The molecule has 0 saturated heterocycles. The topological polar surface area (TPSA) is 60.8 Å². The monoisotopic (exact) mass is 1920 g/mol. The van der Waals surface area contributed by atoms with E-state index in [4.69, 9.17) is 8.83 Å². The van der Waals surface area contributed by atoms with Gasteiger partial charge in [0.15, 0.2) is 0 Å². The Morgan fingerprint density at radius 1 is 0.181 bits per heavy atom. The Hall–Kier alpha value is -16.0. The minimum absolute atomic E-state index is 0.957. The number of hydrogen-bond donors (Lipinski definition) is 0. The van der Waals surface area contributed by atoms with Gasteiger partial charge in [-0.2, -0.15) is 0 Å². The van der Waals surface area contributed by atoms with Gasteiger partial charge in [0.2, 0.25) is 0 Å². The zero-order valence-corrected chi connectivity index (χ0v) is 86.7. The smallest absolute Gasteiger partial charge is 0.145 e. The lowest BCUT2D eigenvalue weighted by Crippen LogP contribution is -1.94. The Morgan fingerprint density at radius 3 is 1.03 bits per heavy atom. The maximum Gasteiger partial charge on any atom is 0.145 e. The van der Waals surface area contributed by atoms with E-state index in [0.29, 0.717) is 0 Å². The molecule has 12 heterocycles. The van der Waals surface area contributed by atoms with Crippen molar-refractivity contribution in [1.82, 2.24) is 32.0 Å². The number of nitrogens with zero attached hydrogens (tertiary/aromatic N) is 7. The molecule has 0 radical (unpaired) electrons. The Labute approximate surface area is 844 Å². The van der Waals surface area contributed by atoms with Crippen molar-refractivity contribution in [2.45, 2.75) is 83.1 Å². The number of aryl methyl sites for hydroxylation is 18. The van der Waals surface area contributed by atoms with Crippen LogP contribution in [0.25, 0.3) is 263 Å². The summed E-state index contributed by atoms with van der Waals surface area (Å²) in [6.07, 6.45) is 0. The number of aromatic nitrogens is 7. The van der Waals surface area contributed by atoms with Crippen LogP contribution in [0.5, 0.6) is 0 Å². The lowest BCUT2D eigenvalue weighted by atomic mass is 10.0. The second kappa shape index (κ2) is 33.3. The van der Waals surface area contributed by atoms with Gasteiger partial charge in [-0.05, 0) is 229 Å². The number of fused-ring (bicyclic) bond motifs is 38. The van der Waals surface area contributed by atoms with Gasteiger partial charge in [-0.15, -0.1) is 34.0 Å². The van der Waals surface area contributed by atoms with E-state index in [2.05, 4.69) is 455 Å². The summed E-state index contributed by atoms with van der Waals surface area (Å²) in [6.45, 7) is 26.6. The first-order chi connectivity index (χ1) is 70.0. The van der Waals surface area contributed by atoms with E-state index in [1.807, 2.05) is 58.3 Å². The number of rotatable bonds is 1. The van der Waals surface area contributed by atoms with Gasteiger partial charge < -0.3 is 40.8 Å². The molecule has 9 nitrogen and oxygen atoms in total. The summed E-state index contributed by atoms with van der Waals surface area (Å²) in [5.41, 5.74) is 39.6. The van der Waals surface area contributed by atoms with E-state index in [1.165, 1.54) is 307 Å². The fourth-order valence-electron chi connectivity index (χ4n) is 25.7. The molecule has 0 spiro atoms. The van der Waals surface area contributed by atoms with Crippen molar-refractivity contribution in [3.8, 4) is 5.69 Å². The van der Waals surface area contributed by atoms with Crippen LogP contribution in [0.15, 0.2) is 330 Å². The first-order valence-electron chi connectivity index (χ1n) is 49.9. The van der Waals surface area contributed by atoms with Gasteiger partial charge in [0.1, 0.15) is 22.3 Å². The number of hydrogen-bond acceptors (Lipinski definition) is 5. The first-order valence-corrected chi connectivity index (χ1v) is 52.3. The van der Waals surface area contributed by atoms with Gasteiger partial charge in [0.25, 0.3) is 0 Å². The molecule has 0 fully saturated rings. The standard InChI is InChI=1S/C27H22N2.2C21H17NO.3C21H17NS/c1-17-10-9-14-20-22-16-24-25(18(2)27(22)28(3)26(17)20)21-13-7-8-15-23(21)29(24)19-11-5-4-6-12-19;1-12-7-6-9-15-16-11-17-14-8-4-5-10-18(14)23-21(17)13(2)20(16)22(3)19(12)15;1-12-7-6-9-15-18-20(22(3)19(12)15)13(2)11-16-14-8-4-5-10-17(14)23-21(16)18;1-12-7-6-9-14-16-11-18-19(13(2)21(16)22(3)20(12)14)15-8-4-5-10-17(15)23-18;1-12-7-6-9-15-16-11-17-14-8-4-5-10-18(14)23-21(17)13(2)20(16)22(3)19(12)15;1-12-7-6-9-15-18-20(22(3)19(12)15)13(2)11-16-14-8-4-5-10-17(14)23-21(16)18/h4-16H,1-3H3;5*4-11H,1-3H3. The molecular formula is C132H107N7O2S3. The van der Waals surface area contributed by atoms with Crippen LogP contribution in [0.3, 0.4) is 0 Å². The Bertz CT molecular complexity index is 10500. The van der Waals surface area contributed by atoms with E-state index in [0.717, 1.165) is 22.3 Å². The predicted molar refractivity (Wildman–Crippen MR) is 627 cm³/mol. The molecule has 0 aliphatic heterocycles. The van der Waals surface area contributed by atoms with Crippen LogP contribution < -0.4 is 0 Å². The van der Waals surface area contributed by atoms with Crippen molar-refractivity contribution in [2.24, 2.45) is 42.3 Å². The van der Waals surface area contributed by atoms with Gasteiger partial charge >= 0.3 is 0 Å². The lowest BCUT2D eigenvalue weighted by molar-refractivity contribution is 0.666. The van der Waals surface area contributed by atoms with Gasteiger partial charge in [-0.1, -0.05) is 237 Å². The quantitative estimate of drug-likeness (QED) is 0.164. The van der Waals surface area contributed by atoms with E-state index in [-0.39, 0.29) is 0 Å². The minimum atomic E-state index is 0.957. The van der Waals surface area contributed by atoms with Crippen LogP contribution >= 0.6 is 34.0 Å². The van der Waals surface area contributed by atoms with E-state index in [9.17, 15) is 0 Å². The van der Waals surface area contributed by atoms with Crippen LogP contribution in [-0.4, -0.2) is 32.0 Å². The molecule has 0 unspecified atom stereocenters. The predicted octanol–water partition coefficient (Wildman–Crippen LogP) is 37.7. The van der Waals surface area contributed by atoms with Crippen LogP contribution in [-0.2, 0) is 42.3 Å². The van der Waals surface area contributed by atoms with E-state index >= 15 is 0 Å².